The van der Waals surface area contributed by atoms with Gasteiger partial charge < -0.3 is 15.4 Å². The van der Waals surface area contributed by atoms with E-state index in [4.69, 9.17) is 40.2 Å². The average Bonchev–Trinajstić information content (AvgIpc) is 2.29. The molecule has 0 amide bonds. The molecule has 0 aliphatic heterocycles. The molecule has 0 atom stereocenters. The SMILES string of the molecule is COCCCNC(=S)Nc1cc(Cl)ccc1Cl. The van der Waals surface area contributed by atoms with Crippen LogP contribution in [-0.2, 0) is 4.74 Å². The Hall–Kier alpha value is -0.550. The summed E-state index contributed by atoms with van der Waals surface area (Å²) in [5, 5.41) is 7.75. The number of methoxy groups -OCH3 is 1. The molecule has 0 saturated carbocycles. The van der Waals surface area contributed by atoms with Gasteiger partial charge in [0.2, 0.25) is 0 Å². The van der Waals surface area contributed by atoms with Crippen LogP contribution in [0.25, 0.3) is 0 Å². The van der Waals surface area contributed by atoms with Crippen molar-refractivity contribution in [3.8, 4) is 0 Å². The van der Waals surface area contributed by atoms with Crippen molar-refractivity contribution in [1.82, 2.24) is 5.32 Å². The van der Waals surface area contributed by atoms with Crippen LogP contribution >= 0.6 is 35.4 Å². The predicted octanol–water partition coefficient (Wildman–Crippen LogP) is 3.32. The van der Waals surface area contributed by atoms with Crippen LogP contribution in [0.15, 0.2) is 18.2 Å². The van der Waals surface area contributed by atoms with E-state index >= 15 is 0 Å². The highest BCUT2D eigenvalue weighted by Gasteiger charge is 2.03. The highest BCUT2D eigenvalue weighted by molar-refractivity contribution is 7.80. The van der Waals surface area contributed by atoms with E-state index in [-0.39, 0.29) is 0 Å². The first kappa shape index (κ1) is 14.5. The molecule has 0 fully saturated rings. The van der Waals surface area contributed by atoms with Crippen LogP contribution in [0.2, 0.25) is 10.0 Å². The summed E-state index contributed by atoms with van der Waals surface area (Å²) in [4.78, 5) is 0. The lowest BCUT2D eigenvalue weighted by Gasteiger charge is -2.11. The van der Waals surface area contributed by atoms with Gasteiger partial charge in [0.1, 0.15) is 0 Å². The molecule has 94 valence electrons. The van der Waals surface area contributed by atoms with Gasteiger partial charge in [-0.2, -0.15) is 0 Å². The lowest BCUT2D eigenvalue weighted by molar-refractivity contribution is 0.196. The molecular weight excluding hydrogens is 279 g/mol. The summed E-state index contributed by atoms with van der Waals surface area (Å²) in [5.41, 5.74) is 0.698. The Labute approximate surface area is 116 Å². The van der Waals surface area contributed by atoms with E-state index < -0.39 is 0 Å². The number of hydrogen-bond acceptors (Lipinski definition) is 2. The van der Waals surface area contributed by atoms with E-state index in [0.29, 0.717) is 27.5 Å². The van der Waals surface area contributed by atoms with Gasteiger partial charge in [-0.1, -0.05) is 23.2 Å². The summed E-state index contributed by atoms with van der Waals surface area (Å²) in [5.74, 6) is 0. The third kappa shape index (κ3) is 5.55. The molecule has 0 unspecified atom stereocenters. The molecule has 1 rings (SSSR count). The molecule has 1 aromatic rings. The van der Waals surface area contributed by atoms with Crippen LogP contribution in [-0.4, -0.2) is 25.4 Å². The van der Waals surface area contributed by atoms with Gasteiger partial charge in [0.15, 0.2) is 5.11 Å². The van der Waals surface area contributed by atoms with Crippen LogP contribution in [0.3, 0.4) is 0 Å². The minimum atomic E-state index is 0.519. The van der Waals surface area contributed by atoms with Crippen LogP contribution < -0.4 is 10.6 Å². The van der Waals surface area contributed by atoms with Crippen molar-refractivity contribution >= 4 is 46.2 Å². The normalized spacial score (nSPS) is 10.1. The van der Waals surface area contributed by atoms with Gasteiger partial charge >= 0.3 is 0 Å². The minimum Gasteiger partial charge on any atom is -0.385 e. The fourth-order valence-electron chi connectivity index (χ4n) is 1.18. The molecule has 0 aliphatic rings. The highest BCUT2D eigenvalue weighted by atomic mass is 35.5. The van der Waals surface area contributed by atoms with Crippen LogP contribution in [0.5, 0.6) is 0 Å². The van der Waals surface area contributed by atoms with Gasteiger partial charge in [-0.15, -0.1) is 0 Å². The van der Waals surface area contributed by atoms with Crippen LogP contribution in [0.4, 0.5) is 5.69 Å². The Bertz CT molecular complexity index is 388. The molecule has 6 heteroatoms. The monoisotopic (exact) mass is 292 g/mol. The third-order valence-electron chi connectivity index (χ3n) is 1.99. The lowest BCUT2D eigenvalue weighted by Crippen LogP contribution is -2.29. The van der Waals surface area contributed by atoms with Crippen molar-refractivity contribution in [3.05, 3.63) is 28.2 Å². The molecule has 2 N–H and O–H groups in total. The second-order valence-corrected chi connectivity index (χ2v) is 4.60. The summed E-state index contributed by atoms with van der Waals surface area (Å²) < 4.78 is 4.93. The zero-order valence-corrected chi connectivity index (χ0v) is 11.8. The number of anilines is 1. The van der Waals surface area contributed by atoms with Crippen molar-refractivity contribution in [2.45, 2.75) is 6.42 Å². The van der Waals surface area contributed by atoms with Crippen molar-refractivity contribution in [2.24, 2.45) is 0 Å². The Morgan fingerprint density at radius 3 is 2.88 bits per heavy atom. The van der Waals surface area contributed by atoms with Crippen LogP contribution in [0, 0.1) is 0 Å². The van der Waals surface area contributed by atoms with Gasteiger partial charge in [-0.05, 0) is 36.8 Å². The number of ether oxygens (including phenoxy) is 1. The zero-order chi connectivity index (χ0) is 12.7. The predicted molar refractivity (Wildman–Crippen MR) is 77.2 cm³/mol. The molecule has 0 radical (unpaired) electrons. The largest absolute Gasteiger partial charge is 0.385 e. The van der Waals surface area contributed by atoms with E-state index in [2.05, 4.69) is 10.6 Å². The van der Waals surface area contributed by atoms with Crippen molar-refractivity contribution in [2.75, 3.05) is 25.6 Å². The molecule has 17 heavy (non-hydrogen) atoms. The number of thiocarbonyl (C=S) groups is 1. The second-order valence-electron chi connectivity index (χ2n) is 3.35. The molecule has 0 aliphatic carbocycles. The summed E-state index contributed by atoms with van der Waals surface area (Å²) in [6.45, 7) is 1.45. The van der Waals surface area contributed by atoms with Gasteiger partial charge in [-0.25, -0.2) is 0 Å². The Balaban J connectivity index is 2.42. The van der Waals surface area contributed by atoms with Gasteiger partial charge in [-0.3, -0.25) is 0 Å². The second kappa shape index (κ2) is 7.71. The maximum absolute atomic E-state index is 6.00. The standard InChI is InChI=1S/C11H14Cl2N2OS/c1-16-6-2-5-14-11(17)15-10-7-8(12)3-4-9(10)13/h3-4,7H,2,5-6H2,1H3,(H2,14,15,17). The van der Waals surface area contributed by atoms with Crippen molar-refractivity contribution < 1.29 is 4.74 Å². The lowest BCUT2D eigenvalue weighted by atomic mass is 10.3. The molecular formula is C11H14Cl2N2OS. The highest BCUT2D eigenvalue weighted by Crippen LogP contribution is 2.25. The fourth-order valence-corrected chi connectivity index (χ4v) is 1.73. The number of halogens is 2. The smallest absolute Gasteiger partial charge is 0.170 e. The summed E-state index contributed by atoms with van der Waals surface area (Å²) in [6, 6.07) is 5.18. The van der Waals surface area contributed by atoms with E-state index in [1.807, 2.05) is 0 Å². The molecule has 1 aromatic carbocycles. The Kier molecular flexibility index (Phi) is 6.58. The molecule has 0 saturated heterocycles. The Morgan fingerprint density at radius 1 is 1.41 bits per heavy atom. The first-order valence-electron chi connectivity index (χ1n) is 5.12. The van der Waals surface area contributed by atoms with Crippen molar-refractivity contribution in [3.63, 3.8) is 0 Å². The fraction of sp³-hybridized carbons (Fsp3) is 0.364. The van der Waals surface area contributed by atoms with E-state index in [1.165, 1.54) is 0 Å². The maximum atomic E-state index is 6.00. The first-order chi connectivity index (χ1) is 8.13. The third-order valence-corrected chi connectivity index (χ3v) is 2.80. The van der Waals surface area contributed by atoms with Gasteiger partial charge in [0, 0.05) is 25.3 Å². The quantitative estimate of drug-likeness (QED) is 0.644. The summed E-state index contributed by atoms with van der Waals surface area (Å²) in [6.07, 6.45) is 0.890. The van der Waals surface area contributed by atoms with Crippen LogP contribution in [0.1, 0.15) is 6.42 Å². The van der Waals surface area contributed by atoms with E-state index in [9.17, 15) is 0 Å². The Morgan fingerprint density at radius 2 is 2.18 bits per heavy atom. The van der Waals surface area contributed by atoms with Gasteiger partial charge in [0.25, 0.3) is 0 Å². The molecule has 0 aromatic heterocycles. The topological polar surface area (TPSA) is 33.3 Å². The molecule has 3 nitrogen and oxygen atoms in total. The van der Waals surface area contributed by atoms with Gasteiger partial charge in [0.05, 0.1) is 10.7 Å². The number of nitrogens with one attached hydrogen (secondary N) is 2. The number of rotatable bonds is 5. The van der Waals surface area contributed by atoms with E-state index in [0.717, 1.165) is 13.0 Å². The van der Waals surface area contributed by atoms with Crippen molar-refractivity contribution in [1.29, 1.82) is 0 Å². The zero-order valence-electron chi connectivity index (χ0n) is 9.43. The number of hydrogen-bond donors (Lipinski definition) is 2. The maximum Gasteiger partial charge on any atom is 0.170 e. The summed E-state index contributed by atoms with van der Waals surface area (Å²) >= 11 is 17.0. The molecule has 0 heterocycles. The number of benzene rings is 1. The molecule has 0 bridgehead atoms. The molecule has 0 spiro atoms. The average molecular weight is 293 g/mol. The first-order valence-corrected chi connectivity index (χ1v) is 6.28. The minimum absolute atomic E-state index is 0.519. The van der Waals surface area contributed by atoms with E-state index in [1.54, 1.807) is 25.3 Å². The summed E-state index contributed by atoms with van der Waals surface area (Å²) in [7, 11) is 1.67.